The van der Waals surface area contributed by atoms with Crippen LogP contribution in [-0.2, 0) is 6.42 Å². The molecule has 30 heavy (non-hydrogen) atoms. The van der Waals surface area contributed by atoms with Gasteiger partial charge in [-0.05, 0) is 54.4 Å². The molecule has 0 aliphatic rings. The van der Waals surface area contributed by atoms with E-state index in [9.17, 15) is 4.79 Å². The van der Waals surface area contributed by atoms with Crippen LogP contribution in [0.4, 0.5) is 5.69 Å². The molecule has 0 fully saturated rings. The topological polar surface area (TPSA) is 68.3 Å². The standard InChI is InChI=1S/C24H17ClN2O3/c1-2-14-7-10-21-19(11-14)27-24(30-21)17-13-16(8-9-18(17)25)26-23(28)22-12-15-5-3-4-6-20(15)29-22/h3-13H,2H2,1H3,(H,26,28). The molecule has 0 atom stereocenters. The predicted octanol–water partition coefficient (Wildman–Crippen LogP) is 6.71. The minimum atomic E-state index is -0.343. The monoisotopic (exact) mass is 416 g/mol. The van der Waals surface area contributed by atoms with Gasteiger partial charge < -0.3 is 14.2 Å². The van der Waals surface area contributed by atoms with Crippen molar-refractivity contribution in [1.29, 1.82) is 0 Å². The molecule has 3 aromatic carbocycles. The third-order valence-electron chi connectivity index (χ3n) is 4.96. The zero-order chi connectivity index (χ0) is 20.7. The van der Waals surface area contributed by atoms with Crippen LogP contribution in [0.15, 0.2) is 75.6 Å². The lowest BCUT2D eigenvalue weighted by Crippen LogP contribution is -2.10. The summed E-state index contributed by atoms with van der Waals surface area (Å²) in [5.41, 5.74) is 4.48. The molecule has 0 saturated heterocycles. The van der Waals surface area contributed by atoms with Crippen LogP contribution >= 0.6 is 11.6 Å². The summed E-state index contributed by atoms with van der Waals surface area (Å²) in [7, 11) is 0. The van der Waals surface area contributed by atoms with E-state index in [4.69, 9.17) is 20.4 Å². The van der Waals surface area contributed by atoms with Crippen molar-refractivity contribution in [3.63, 3.8) is 0 Å². The number of hydrogen-bond acceptors (Lipinski definition) is 4. The van der Waals surface area contributed by atoms with Gasteiger partial charge in [-0.1, -0.05) is 42.8 Å². The SMILES string of the molecule is CCc1ccc2oc(-c3cc(NC(=O)c4cc5ccccc5o4)ccc3Cl)nc2c1. The van der Waals surface area contributed by atoms with E-state index in [2.05, 4.69) is 17.2 Å². The smallest absolute Gasteiger partial charge is 0.291 e. The number of anilines is 1. The number of aromatic nitrogens is 1. The summed E-state index contributed by atoms with van der Waals surface area (Å²) in [6, 6.07) is 20.3. The van der Waals surface area contributed by atoms with Gasteiger partial charge in [-0.15, -0.1) is 0 Å². The molecule has 2 aromatic heterocycles. The molecule has 0 aliphatic carbocycles. The third kappa shape index (κ3) is 3.33. The average molecular weight is 417 g/mol. The molecule has 0 aliphatic heterocycles. The number of nitrogens with one attached hydrogen (secondary N) is 1. The molecule has 6 heteroatoms. The number of benzene rings is 3. The highest BCUT2D eigenvalue weighted by Gasteiger charge is 2.16. The minimum absolute atomic E-state index is 0.238. The molecular formula is C24H17ClN2O3. The lowest BCUT2D eigenvalue weighted by molar-refractivity contribution is 0.0998. The molecule has 5 aromatic rings. The van der Waals surface area contributed by atoms with Gasteiger partial charge in [-0.25, -0.2) is 4.98 Å². The van der Waals surface area contributed by atoms with Crippen LogP contribution in [0.3, 0.4) is 0 Å². The van der Waals surface area contributed by atoms with Crippen LogP contribution in [-0.4, -0.2) is 10.9 Å². The van der Waals surface area contributed by atoms with Gasteiger partial charge in [0.2, 0.25) is 5.89 Å². The van der Waals surface area contributed by atoms with Gasteiger partial charge in [0.15, 0.2) is 11.3 Å². The van der Waals surface area contributed by atoms with Gasteiger partial charge in [0.1, 0.15) is 11.1 Å². The molecular weight excluding hydrogens is 400 g/mol. The largest absolute Gasteiger partial charge is 0.451 e. The Labute approximate surface area is 177 Å². The summed E-state index contributed by atoms with van der Waals surface area (Å²) >= 11 is 6.39. The summed E-state index contributed by atoms with van der Waals surface area (Å²) in [6.45, 7) is 2.09. The molecule has 0 spiro atoms. The van der Waals surface area contributed by atoms with E-state index in [1.54, 1.807) is 24.3 Å². The van der Waals surface area contributed by atoms with Gasteiger partial charge in [0, 0.05) is 11.1 Å². The molecule has 0 bridgehead atoms. The molecule has 5 nitrogen and oxygen atoms in total. The van der Waals surface area contributed by atoms with Crippen molar-refractivity contribution < 1.29 is 13.6 Å². The molecule has 0 saturated carbocycles. The van der Waals surface area contributed by atoms with E-state index in [1.807, 2.05) is 42.5 Å². The number of oxazole rings is 1. The Morgan fingerprint density at radius 2 is 1.87 bits per heavy atom. The Bertz CT molecular complexity index is 1370. The normalized spacial score (nSPS) is 11.3. The highest BCUT2D eigenvalue weighted by Crippen LogP contribution is 2.33. The number of halogens is 1. The molecule has 0 radical (unpaired) electrons. The van der Waals surface area contributed by atoms with E-state index in [1.165, 1.54) is 5.56 Å². The number of aryl methyl sites for hydroxylation is 1. The summed E-state index contributed by atoms with van der Waals surface area (Å²) in [6.07, 6.45) is 0.919. The van der Waals surface area contributed by atoms with E-state index in [-0.39, 0.29) is 11.7 Å². The van der Waals surface area contributed by atoms with Crippen LogP contribution in [0.25, 0.3) is 33.5 Å². The summed E-state index contributed by atoms with van der Waals surface area (Å²) < 4.78 is 11.5. The average Bonchev–Trinajstić information content (AvgIpc) is 3.38. The lowest BCUT2D eigenvalue weighted by Gasteiger charge is -2.06. The zero-order valence-corrected chi connectivity index (χ0v) is 16.9. The Morgan fingerprint density at radius 3 is 2.70 bits per heavy atom. The number of fused-ring (bicyclic) bond motifs is 2. The first-order valence-electron chi connectivity index (χ1n) is 9.60. The van der Waals surface area contributed by atoms with Crippen LogP contribution in [0.2, 0.25) is 5.02 Å². The van der Waals surface area contributed by atoms with Crippen LogP contribution in [0.1, 0.15) is 23.0 Å². The second-order valence-electron chi connectivity index (χ2n) is 6.97. The number of carbonyl (C=O) groups is 1. The maximum absolute atomic E-state index is 12.7. The summed E-state index contributed by atoms with van der Waals surface area (Å²) in [5, 5.41) is 4.21. The van der Waals surface area contributed by atoms with E-state index in [0.29, 0.717) is 33.3 Å². The van der Waals surface area contributed by atoms with Crippen molar-refractivity contribution in [2.24, 2.45) is 0 Å². The van der Waals surface area contributed by atoms with Crippen molar-refractivity contribution >= 4 is 45.3 Å². The van der Waals surface area contributed by atoms with E-state index < -0.39 is 0 Å². The number of para-hydroxylation sites is 1. The maximum Gasteiger partial charge on any atom is 0.291 e. The fourth-order valence-corrected chi connectivity index (χ4v) is 3.56. The van der Waals surface area contributed by atoms with Crippen molar-refractivity contribution in [3.05, 3.63) is 83.1 Å². The molecule has 1 amide bonds. The molecule has 1 N–H and O–H groups in total. The van der Waals surface area contributed by atoms with Gasteiger partial charge in [-0.2, -0.15) is 0 Å². The van der Waals surface area contributed by atoms with E-state index in [0.717, 1.165) is 17.3 Å². The van der Waals surface area contributed by atoms with Crippen LogP contribution in [0, 0.1) is 0 Å². The summed E-state index contributed by atoms with van der Waals surface area (Å²) in [4.78, 5) is 17.2. The lowest BCUT2D eigenvalue weighted by atomic mass is 10.1. The van der Waals surface area contributed by atoms with Gasteiger partial charge in [0.05, 0.1) is 10.6 Å². The molecule has 0 unspecified atom stereocenters. The zero-order valence-electron chi connectivity index (χ0n) is 16.1. The molecule has 148 valence electrons. The second-order valence-corrected chi connectivity index (χ2v) is 7.38. The van der Waals surface area contributed by atoms with Gasteiger partial charge in [-0.3, -0.25) is 4.79 Å². The van der Waals surface area contributed by atoms with Crippen molar-refractivity contribution in [3.8, 4) is 11.5 Å². The van der Waals surface area contributed by atoms with Gasteiger partial charge in [0.25, 0.3) is 5.91 Å². The van der Waals surface area contributed by atoms with Crippen molar-refractivity contribution in [1.82, 2.24) is 4.98 Å². The fourth-order valence-electron chi connectivity index (χ4n) is 3.36. The highest BCUT2D eigenvalue weighted by atomic mass is 35.5. The van der Waals surface area contributed by atoms with Crippen LogP contribution in [0.5, 0.6) is 0 Å². The quantitative estimate of drug-likeness (QED) is 0.353. The number of carbonyl (C=O) groups excluding carboxylic acids is 1. The van der Waals surface area contributed by atoms with E-state index >= 15 is 0 Å². The van der Waals surface area contributed by atoms with Crippen molar-refractivity contribution in [2.45, 2.75) is 13.3 Å². The first kappa shape index (κ1) is 18.5. The number of amides is 1. The number of nitrogens with zero attached hydrogens (tertiary/aromatic N) is 1. The predicted molar refractivity (Wildman–Crippen MR) is 118 cm³/mol. The van der Waals surface area contributed by atoms with Crippen molar-refractivity contribution in [2.75, 3.05) is 5.32 Å². The number of hydrogen-bond donors (Lipinski definition) is 1. The Balaban J connectivity index is 1.46. The minimum Gasteiger partial charge on any atom is -0.451 e. The first-order chi connectivity index (χ1) is 14.6. The second kappa shape index (κ2) is 7.35. The third-order valence-corrected chi connectivity index (χ3v) is 5.29. The number of furan rings is 1. The Kier molecular flexibility index (Phi) is 4.52. The van der Waals surface area contributed by atoms with Gasteiger partial charge >= 0.3 is 0 Å². The summed E-state index contributed by atoms with van der Waals surface area (Å²) in [5.74, 6) is 0.300. The fraction of sp³-hybridized carbons (Fsp3) is 0.0833. The number of rotatable bonds is 4. The Morgan fingerprint density at radius 1 is 1.00 bits per heavy atom. The first-order valence-corrected chi connectivity index (χ1v) is 9.98. The molecule has 5 rings (SSSR count). The maximum atomic E-state index is 12.7. The highest BCUT2D eigenvalue weighted by molar-refractivity contribution is 6.33. The Hall–Kier alpha value is -3.57. The molecule has 2 heterocycles. The van der Waals surface area contributed by atoms with Crippen LogP contribution < -0.4 is 5.32 Å².